The Morgan fingerprint density at radius 2 is 1.11 bits per heavy atom. The summed E-state index contributed by atoms with van der Waals surface area (Å²) >= 11 is 0. The van der Waals surface area contributed by atoms with Crippen molar-refractivity contribution in [2.45, 2.75) is 71.2 Å². The first kappa shape index (κ1) is 46.7. The van der Waals surface area contributed by atoms with Gasteiger partial charge in [-0.2, -0.15) is 0 Å². The molecule has 308 valence electrons. The van der Waals surface area contributed by atoms with Crippen LogP contribution in [0.5, 0.6) is 0 Å². The number of nitrogens with one attached hydrogen (secondary N) is 7. The molecule has 2 aromatic carbocycles. The van der Waals surface area contributed by atoms with Gasteiger partial charge in [0.1, 0.15) is 25.3 Å². The smallest absolute Gasteiger partial charge is 0.408 e. The Bertz CT molecular complexity index is 1500. The number of likely N-dealkylation sites (N-methyl/N-ethyl adjacent to an activating group) is 1. The number of alkyl carbamates (subject to hydrolysis) is 2. The van der Waals surface area contributed by atoms with Gasteiger partial charge in [0.05, 0.1) is 13.1 Å². The topological polar surface area (TPSA) is 208 Å². The first-order valence-corrected chi connectivity index (χ1v) is 19.2. The van der Waals surface area contributed by atoms with Crippen molar-refractivity contribution in [2.24, 2.45) is 0 Å². The SMILES string of the molecule is CCCNCCCNC(=O)CNC(=O)C(CC=CCC(NC(=O)OCc1ccccc1)C(=O)NCC(=O)N(C)CCNCCC)NC(=O)OCc1ccccc1. The van der Waals surface area contributed by atoms with E-state index in [0.29, 0.717) is 19.6 Å². The fourth-order valence-electron chi connectivity index (χ4n) is 4.93. The van der Waals surface area contributed by atoms with Gasteiger partial charge in [0.2, 0.25) is 23.6 Å². The van der Waals surface area contributed by atoms with Crippen LogP contribution in [-0.2, 0) is 41.9 Å². The fourth-order valence-corrected chi connectivity index (χ4v) is 4.93. The van der Waals surface area contributed by atoms with E-state index in [4.69, 9.17) is 9.47 Å². The predicted octanol–water partition coefficient (Wildman–Crippen LogP) is 2.11. The summed E-state index contributed by atoms with van der Waals surface area (Å²) in [4.78, 5) is 78.5. The Balaban J connectivity index is 2.06. The third-order valence-electron chi connectivity index (χ3n) is 8.15. The molecule has 0 spiro atoms. The van der Waals surface area contributed by atoms with E-state index in [-0.39, 0.29) is 51.0 Å². The van der Waals surface area contributed by atoms with Crippen LogP contribution in [0.25, 0.3) is 0 Å². The average Bonchev–Trinajstić information content (AvgIpc) is 3.21. The lowest BCUT2D eigenvalue weighted by atomic mass is 10.1. The van der Waals surface area contributed by atoms with Gasteiger partial charge in [-0.1, -0.05) is 86.7 Å². The van der Waals surface area contributed by atoms with Crippen molar-refractivity contribution in [1.29, 1.82) is 0 Å². The first-order chi connectivity index (χ1) is 27.1. The summed E-state index contributed by atoms with van der Waals surface area (Å²) < 4.78 is 10.6. The van der Waals surface area contributed by atoms with Gasteiger partial charge >= 0.3 is 12.2 Å². The molecule has 0 aliphatic heterocycles. The zero-order chi connectivity index (χ0) is 40.8. The molecule has 0 saturated carbocycles. The Kier molecular flexibility index (Phi) is 24.1. The summed E-state index contributed by atoms with van der Waals surface area (Å²) in [6.45, 7) is 7.44. The maximum absolute atomic E-state index is 13.3. The number of nitrogens with zero attached hydrogens (tertiary/aromatic N) is 1. The van der Waals surface area contributed by atoms with Crippen LogP contribution in [0.15, 0.2) is 72.8 Å². The second-order valence-electron chi connectivity index (χ2n) is 12.9. The van der Waals surface area contributed by atoms with Crippen molar-refractivity contribution < 1.29 is 38.2 Å². The summed E-state index contributed by atoms with van der Waals surface area (Å²) in [6.07, 6.45) is 4.05. The monoisotopic (exact) mass is 780 g/mol. The Hall–Kier alpha value is -5.48. The minimum atomic E-state index is -1.14. The molecule has 6 amide bonds. The van der Waals surface area contributed by atoms with Crippen LogP contribution in [-0.4, -0.2) is 112 Å². The highest BCUT2D eigenvalue weighted by Crippen LogP contribution is 2.05. The lowest BCUT2D eigenvalue weighted by Crippen LogP contribution is -2.49. The highest BCUT2D eigenvalue weighted by Gasteiger charge is 2.23. The summed E-state index contributed by atoms with van der Waals surface area (Å²) in [6, 6.07) is 15.8. The number of carbonyl (C=O) groups is 6. The third-order valence-corrected chi connectivity index (χ3v) is 8.15. The van der Waals surface area contributed by atoms with Crippen molar-refractivity contribution in [3.05, 3.63) is 83.9 Å². The van der Waals surface area contributed by atoms with Crippen LogP contribution < -0.4 is 37.2 Å². The zero-order valence-corrected chi connectivity index (χ0v) is 32.9. The number of amides is 6. The molecule has 0 fully saturated rings. The zero-order valence-electron chi connectivity index (χ0n) is 32.9. The number of hydrogen-bond donors (Lipinski definition) is 7. The van der Waals surface area contributed by atoms with E-state index in [1.165, 1.54) is 4.90 Å². The molecule has 0 radical (unpaired) electrons. The second-order valence-corrected chi connectivity index (χ2v) is 12.9. The van der Waals surface area contributed by atoms with Crippen LogP contribution in [0, 0.1) is 0 Å². The molecule has 2 unspecified atom stereocenters. The van der Waals surface area contributed by atoms with Gasteiger partial charge < -0.3 is 51.6 Å². The third kappa shape index (κ3) is 21.4. The second kappa shape index (κ2) is 28.9. The average molecular weight is 781 g/mol. The van der Waals surface area contributed by atoms with E-state index in [1.807, 2.05) is 19.1 Å². The molecule has 0 aliphatic rings. The van der Waals surface area contributed by atoms with E-state index in [9.17, 15) is 28.8 Å². The van der Waals surface area contributed by atoms with E-state index < -0.39 is 36.1 Å². The Labute approximate surface area is 330 Å². The molecule has 2 rings (SSSR count). The molecule has 56 heavy (non-hydrogen) atoms. The number of benzene rings is 2. The highest BCUT2D eigenvalue weighted by atomic mass is 16.6. The largest absolute Gasteiger partial charge is 0.445 e. The van der Waals surface area contributed by atoms with Crippen molar-refractivity contribution in [3.63, 3.8) is 0 Å². The minimum Gasteiger partial charge on any atom is -0.445 e. The highest BCUT2D eigenvalue weighted by molar-refractivity contribution is 5.90. The molecule has 16 nitrogen and oxygen atoms in total. The molecule has 0 heterocycles. The lowest BCUT2D eigenvalue weighted by molar-refractivity contribution is -0.132. The summed E-state index contributed by atoms with van der Waals surface area (Å²) in [5.41, 5.74) is 1.50. The van der Waals surface area contributed by atoms with Crippen LogP contribution in [0.4, 0.5) is 9.59 Å². The number of ether oxygens (including phenoxy) is 2. The van der Waals surface area contributed by atoms with E-state index >= 15 is 0 Å². The van der Waals surface area contributed by atoms with Crippen LogP contribution in [0.1, 0.15) is 57.1 Å². The van der Waals surface area contributed by atoms with Crippen molar-refractivity contribution >= 4 is 35.8 Å². The molecule has 0 aromatic heterocycles. The molecular formula is C40H60N8O8. The van der Waals surface area contributed by atoms with E-state index in [1.54, 1.807) is 67.7 Å². The fraction of sp³-hybridized carbons (Fsp3) is 0.500. The number of carbonyl (C=O) groups excluding carboxylic acids is 6. The first-order valence-electron chi connectivity index (χ1n) is 19.2. The minimum absolute atomic E-state index is 0.0246. The maximum Gasteiger partial charge on any atom is 0.408 e. The lowest BCUT2D eigenvalue weighted by Gasteiger charge is -2.20. The molecule has 0 aliphatic carbocycles. The standard InChI is InChI=1S/C40H60N8O8/c1-4-21-41-23-14-24-43-35(49)27-44-37(51)33(46-39(53)55-29-31-15-8-6-9-16-31)19-12-13-20-34(47-40(54)56-30-32-17-10-7-11-18-32)38(52)45-28-36(50)48(3)26-25-42-22-5-2/h6-13,15-18,33-34,41-42H,4-5,14,19-30H2,1-3H3,(H,43,49)(H,44,51)(H,45,52)(H,46,53)(H,47,54). The van der Waals surface area contributed by atoms with Gasteiger partial charge in [0.25, 0.3) is 0 Å². The van der Waals surface area contributed by atoms with Gasteiger partial charge in [0, 0.05) is 26.7 Å². The van der Waals surface area contributed by atoms with Crippen molar-refractivity contribution in [3.8, 4) is 0 Å². The normalized spacial score (nSPS) is 11.8. The Morgan fingerprint density at radius 3 is 1.61 bits per heavy atom. The molecule has 0 saturated heterocycles. The van der Waals surface area contributed by atoms with Gasteiger partial charge in [-0.3, -0.25) is 19.2 Å². The number of rotatable bonds is 27. The summed E-state index contributed by atoms with van der Waals surface area (Å²) in [5.74, 6) is -1.95. The number of hydrogen-bond acceptors (Lipinski definition) is 10. The van der Waals surface area contributed by atoms with Gasteiger partial charge in [-0.05, 0) is 62.9 Å². The van der Waals surface area contributed by atoms with Crippen molar-refractivity contribution in [2.75, 3.05) is 59.4 Å². The predicted molar refractivity (Wildman–Crippen MR) is 213 cm³/mol. The van der Waals surface area contributed by atoms with Gasteiger partial charge in [-0.15, -0.1) is 0 Å². The molecule has 16 heteroatoms. The Morgan fingerprint density at radius 1 is 0.625 bits per heavy atom. The quantitative estimate of drug-likeness (QED) is 0.0519. The molecule has 7 N–H and O–H groups in total. The summed E-state index contributed by atoms with van der Waals surface area (Å²) in [7, 11) is 1.64. The molecule has 2 aromatic rings. The van der Waals surface area contributed by atoms with Gasteiger partial charge in [-0.25, -0.2) is 9.59 Å². The molecule has 2 atom stereocenters. The van der Waals surface area contributed by atoms with Crippen LogP contribution >= 0.6 is 0 Å². The maximum atomic E-state index is 13.3. The van der Waals surface area contributed by atoms with Gasteiger partial charge in [0.15, 0.2) is 0 Å². The van der Waals surface area contributed by atoms with E-state index in [0.717, 1.165) is 50.0 Å². The molecular weight excluding hydrogens is 720 g/mol. The van der Waals surface area contributed by atoms with Crippen LogP contribution in [0.3, 0.4) is 0 Å². The van der Waals surface area contributed by atoms with Crippen LogP contribution in [0.2, 0.25) is 0 Å². The van der Waals surface area contributed by atoms with Crippen molar-refractivity contribution in [1.82, 2.24) is 42.1 Å². The molecule has 0 bridgehead atoms. The van der Waals surface area contributed by atoms with E-state index in [2.05, 4.69) is 44.1 Å². The summed E-state index contributed by atoms with van der Waals surface area (Å²) in [5, 5.41) is 19.4.